The van der Waals surface area contributed by atoms with E-state index < -0.39 is 5.60 Å². The fraction of sp³-hybridized carbons (Fsp3) is 0.400. The molecule has 4 rings (SSSR count). The Labute approximate surface area is 199 Å². The van der Waals surface area contributed by atoms with Crippen LogP contribution in [0.4, 0.5) is 0 Å². The first-order valence-electron chi connectivity index (χ1n) is 12.3. The van der Waals surface area contributed by atoms with Gasteiger partial charge in [-0.2, -0.15) is 0 Å². The van der Waals surface area contributed by atoms with E-state index in [0.29, 0.717) is 6.42 Å². The van der Waals surface area contributed by atoms with E-state index in [9.17, 15) is 5.11 Å². The molecule has 3 aromatic carbocycles. The second-order valence-electron chi connectivity index (χ2n) is 9.38. The third-order valence-electron chi connectivity index (χ3n) is 7.45. The summed E-state index contributed by atoms with van der Waals surface area (Å²) in [5.41, 5.74) is 2.40. The quantitative estimate of drug-likeness (QED) is 0.385. The van der Waals surface area contributed by atoms with E-state index in [2.05, 4.69) is 85.6 Å². The van der Waals surface area contributed by atoms with Crippen molar-refractivity contribution in [3.05, 3.63) is 102 Å². The van der Waals surface area contributed by atoms with Crippen LogP contribution in [0, 0.1) is 5.92 Å². The summed E-state index contributed by atoms with van der Waals surface area (Å²) in [6.45, 7) is 2.24. The van der Waals surface area contributed by atoms with Gasteiger partial charge in [-0.15, -0.1) is 0 Å². The largest absolute Gasteiger partial charge is 0.496 e. The van der Waals surface area contributed by atoms with Crippen LogP contribution in [-0.2, 0) is 5.60 Å². The highest BCUT2D eigenvalue weighted by molar-refractivity contribution is 5.41. The first-order chi connectivity index (χ1) is 16.1. The summed E-state index contributed by atoms with van der Waals surface area (Å²) in [5, 5.41) is 12.7. The maximum Gasteiger partial charge on any atom is 0.124 e. The molecule has 174 valence electrons. The first kappa shape index (κ1) is 23.5. The molecule has 0 saturated carbocycles. The van der Waals surface area contributed by atoms with Crippen LogP contribution >= 0.6 is 0 Å². The molecule has 1 aliphatic rings. The molecule has 0 aromatic heterocycles. The van der Waals surface area contributed by atoms with Gasteiger partial charge in [-0.3, -0.25) is 4.90 Å². The van der Waals surface area contributed by atoms with Gasteiger partial charge in [0.25, 0.3) is 0 Å². The number of hydrogen-bond donors (Lipinski definition) is 1. The normalized spacial score (nSPS) is 25.6. The second-order valence-corrected chi connectivity index (χ2v) is 9.38. The van der Waals surface area contributed by atoms with E-state index in [1.54, 1.807) is 7.11 Å². The molecule has 3 nitrogen and oxygen atoms in total. The number of methoxy groups -OCH3 is 1. The minimum atomic E-state index is -1.01. The number of para-hydroxylation sites is 1. The van der Waals surface area contributed by atoms with Gasteiger partial charge in [0.1, 0.15) is 5.75 Å². The first-order valence-corrected chi connectivity index (χ1v) is 12.3. The van der Waals surface area contributed by atoms with Crippen LogP contribution in [0.3, 0.4) is 0 Å². The van der Waals surface area contributed by atoms with Crippen molar-refractivity contribution in [2.45, 2.75) is 56.7 Å². The van der Waals surface area contributed by atoms with Gasteiger partial charge >= 0.3 is 0 Å². The average Bonchev–Trinajstić information content (AvgIpc) is 2.87. The molecule has 1 heterocycles. The van der Waals surface area contributed by atoms with Gasteiger partial charge in [0.15, 0.2) is 0 Å². The molecule has 0 radical (unpaired) electrons. The van der Waals surface area contributed by atoms with Crippen molar-refractivity contribution < 1.29 is 9.84 Å². The Balaban J connectivity index is 1.88. The molecule has 33 heavy (non-hydrogen) atoms. The number of likely N-dealkylation sites (tertiary alicyclic amines) is 1. The van der Waals surface area contributed by atoms with Gasteiger partial charge in [0, 0.05) is 30.0 Å². The number of nitrogens with zero attached hydrogens (tertiary/aromatic N) is 1. The fourth-order valence-corrected chi connectivity index (χ4v) is 5.80. The Bertz CT molecular complexity index is 1010. The summed E-state index contributed by atoms with van der Waals surface area (Å²) >= 11 is 0. The highest BCUT2D eigenvalue weighted by Crippen LogP contribution is 2.56. The Morgan fingerprint density at radius 1 is 0.879 bits per heavy atom. The van der Waals surface area contributed by atoms with Crippen molar-refractivity contribution in [1.29, 1.82) is 0 Å². The van der Waals surface area contributed by atoms with E-state index in [1.165, 1.54) is 17.5 Å². The van der Waals surface area contributed by atoms with Crippen LogP contribution in [0.15, 0.2) is 84.9 Å². The van der Waals surface area contributed by atoms with Gasteiger partial charge in [0.2, 0.25) is 0 Å². The van der Waals surface area contributed by atoms with Crippen molar-refractivity contribution in [3.8, 4) is 5.75 Å². The number of aliphatic hydroxyl groups is 1. The molecule has 1 fully saturated rings. The van der Waals surface area contributed by atoms with Gasteiger partial charge in [-0.05, 0) is 30.7 Å². The molecule has 4 atom stereocenters. The summed E-state index contributed by atoms with van der Waals surface area (Å²) in [7, 11) is 3.93. The lowest BCUT2D eigenvalue weighted by Gasteiger charge is -2.54. The monoisotopic (exact) mass is 443 g/mol. The van der Waals surface area contributed by atoms with Gasteiger partial charge in [-0.25, -0.2) is 0 Å². The number of ether oxygens (including phenoxy) is 1. The van der Waals surface area contributed by atoms with Crippen LogP contribution in [0.2, 0.25) is 0 Å². The molecule has 1 N–H and O–H groups in total. The summed E-state index contributed by atoms with van der Waals surface area (Å²) < 4.78 is 5.77. The van der Waals surface area contributed by atoms with E-state index in [1.807, 2.05) is 18.2 Å². The molecule has 0 aliphatic carbocycles. The van der Waals surface area contributed by atoms with Crippen molar-refractivity contribution in [1.82, 2.24) is 4.90 Å². The maximum absolute atomic E-state index is 12.7. The van der Waals surface area contributed by atoms with Gasteiger partial charge in [-0.1, -0.05) is 105 Å². The lowest BCUT2D eigenvalue weighted by molar-refractivity contribution is -0.131. The number of unbranched alkanes of at least 4 members (excludes halogenated alkanes) is 2. The minimum absolute atomic E-state index is 0.0488. The Morgan fingerprint density at radius 2 is 1.48 bits per heavy atom. The minimum Gasteiger partial charge on any atom is -0.496 e. The van der Waals surface area contributed by atoms with Crippen molar-refractivity contribution in [2.24, 2.45) is 5.92 Å². The zero-order valence-electron chi connectivity index (χ0n) is 20.2. The van der Waals surface area contributed by atoms with Crippen LogP contribution in [0.5, 0.6) is 5.75 Å². The predicted molar refractivity (Wildman–Crippen MR) is 135 cm³/mol. The molecular formula is C30H37NO2. The Kier molecular flexibility index (Phi) is 7.52. The molecule has 3 aromatic rings. The third-order valence-corrected chi connectivity index (χ3v) is 7.45. The SMILES string of the molecule is CCCCCC1C(c2ccccc2)N(C)C(c2ccccc2)CC1(O)c1ccccc1OC. The molecule has 0 spiro atoms. The molecule has 4 unspecified atom stereocenters. The summed E-state index contributed by atoms with van der Waals surface area (Å²) in [5.74, 6) is 0.816. The number of piperidine rings is 1. The summed E-state index contributed by atoms with van der Waals surface area (Å²) in [4.78, 5) is 2.49. The fourth-order valence-electron chi connectivity index (χ4n) is 5.80. The molecule has 1 aliphatic heterocycles. The molecule has 0 bridgehead atoms. The molecule has 0 amide bonds. The van der Waals surface area contributed by atoms with E-state index in [-0.39, 0.29) is 18.0 Å². The van der Waals surface area contributed by atoms with Gasteiger partial charge in [0.05, 0.1) is 12.7 Å². The number of rotatable bonds is 8. The number of hydrogen-bond acceptors (Lipinski definition) is 3. The second kappa shape index (κ2) is 10.5. The van der Waals surface area contributed by atoms with Crippen LogP contribution in [0.25, 0.3) is 0 Å². The topological polar surface area (TPSA) is 32.7 Å². The van der Waals surface area contributed by atoms with Crippen LogP contribution in [0.1, 0.15) is 67.8 Å². The predicted octanol–water partition coefficient (Wildman–Crippen LogP) is 6.90. The van der Waals surface area contributed by atoms with Gasteiger partial charge < -0.3 is 9.84 Å². The van der Waals surface area contributed by atoms with Crippen LogP contribution in [-0.4, -0.2) is 24.2 Å². The zero-order chi connectivity index (χ0) is 23.3. The van der Waals surface area contributed by atoms with Crippen molar-refractivity contribution in [2.75, 3.05) is 14.2 Å². The van der Waals surface area contributed by atoms with E-state index >= 15 is 0 Å². The van der Waals surface area contributed by atoms with Crippen molar-refractivity contribution in [3.63, 3.8) is 0 Å². The lowest BCUT2D eigenvalue weighted by Crippen LogP contribution is -2.52. The Hall–Kier alpha value is -2.62. The van der Waals surface area contributed by atoms with Crippen LogP contribution < -0.4 is 4.74 Å². The molecule has 1 saturated heterocycles. The van der Waals surface area contributed by atoms with Crippen molar-refractivity contribution >= 4 is 0 Å². The Morgan fingerprint density at radius 3 is 2.12 bits per heavy atom. The standard InChI is InChI=1S/C30H37NO2/c1-4-5-8-20-26-29(24-17-11-7-12-18-24)31(2)27(23-15-9-6-10-16-23)22-30(26,32)25-19-13-14-21-28(25)33-3/h6-7,9-19,21,26-27,29,32H,4-5,8,20,22H2,1-3H3. The summed E-state index contributed by atoms with van der Waals surface area (Å²) in [6, 6.07) is 29.5. The lowest BCUT2D eigenvalue weighted by atomic mass is 9.65. The molecule has 3 heteroatoms. The maximum atomic E-state index is 12.7. The number of benzene rings is 3. The molecular weight excluding hydrogens is 406 g/mol. The zero-order valence-corrected chi connectivity index (χ0v) is 20.2. The highest BCUT2D eigenvalue weighted by Gasteiger charge is 2.52. The average molecular weight is 444 g/mol. The smallest absolute Gasteiger partial charge is 0.124 e. The summed E-state index contributed by atoms with van der Waals surface area (Å²) in [6.07, 6.45) is 5.04. The highest BCUT2D eigenvalue weighted by atomic mass is 16.5. The van der Waals surface area contributed by atoms with E-state index in [0.717, 1.165) is 30.6 Å². The third kappa shape index (κ3) is 4.71. The van der Waals surface area contributed by atoms with E-state index in [4.69, 9.17) is 4.74 Å².